The number of hydrogen-bond donors (Lipinski definition) is 1. The van der Waals surface area contributed by atoms with Gasteiger partial charge in [-0.15, -0.1) is 0 Å². The Hall–Kier alpha value is -3.80. The quantitative estimate of drug-likeness (QED) is 0.480. The van der Waals surface area contributed by atoms with Gasteiger partial charge in [-0.25, -0.2) is 14.4 Å². The second-order valence-electron chi connectivity index (χ2n) is 9.48. The van der Waals surface area contributed by atoms with E-state index in [9.17, 15) is 14.4 Å². The van der Waals surface area contributed by atoms with Crippen LogP contribution in [0, 0.1) is 35.4 Å². The number of ether oxygens (including phenoxy) is 1. The van der Waals surface area contributed by atoms with E-state index < -0.39 is 17.3 Å². The van der Waals surface area contributed by atoms with Gasteiger partial charge in [0.15, 0.2) is 11.6 Å². The molecule has 1 aliphatic rings. The molecular formula is C26H29FN6O2. The number of nitriles is 1. The lowest BCUT2D eigenvalue weighted by atomic mass is 9.58. The second-order valence-corrected chi connectivity index (χ2v) is 9.48. The van der Waals surface area contributed by atoms with Crippen LogP contribution in [0.3, 0.4) is 0 Å². The summed E-state index contributed by atoms with van der Waals surface area (Å²) < 4.78 is 21.8. The monoisotopic (exact) mass is 476 g/mol. The van der Waals surface area contributed by atoms with Gasteiger partial charge in [-0.1, -0.05) is 20.3 Å². The summed E-state index contributed by atoms with van der Waals surface area (Å²) in [6, 6.07) is 6.30. The first-order valence-electron chi connectivity index (χ1n) is 11.7. The summed E-state index contributed by atoms with van der Waals surface area (Å²) in [7, 11) is 1.67. The number of aryl methyl sites for hydroxylation is 2. The van der Waals surface area contributed by atoms with Crippen LogP contribution >= 0.6 is 0 Å². The average Bonchev–Trinajstić information content (AvgIpc) is 3.06. The van der Waals surface area contributed by atoms with Crippen molar-refractivity contribution in [3.05, 3.63) is 52.7 Å². The molecule has 1 fully saturated rings. The van der Waals surface area contributed by atoms with E-state index >= 15 is 0 Å². The van der Waals surface area contributed by atoms with Crippen LogP contribution in [0.2, 0.25) is 0 Å². The average molecular weight is 477 g/mol. The molecular weight excluding hydrogens is 447 g/mol. The number of halogens is 1. The molecule has 0 amide bonds. The van der Waals surface area contributed by atoms with Crippen molar-refractivity contribution in [2.24, 2.45) is 18.4 Å². The number of anilines is 1. The minimum atomic E-state index is -0.730. The van der Waals surface area contributed by atoms with Crippen molar-refractivity contribution < 1.29 is 13.9 Å². The van der Waals surface area contributed by atoms with E-state index in [1.165, 1.54) is 23.0 Å². The lowest BCUT2D eigenvalue weighted by Crippen LogP contribution is -2.43. The maximum Gasteiger partial charge on any atom is 0.258 e. The van der Waals surface area contributed by atoms with E-state index in [2.05, 4.69) is 35.0 Å². The number of nitrogens with zero attached hydrogens (tertiary/aromatic N) is 5. The van der Waals surface area contributed by atoms with Gasteiger partial charge in [0.05, 0.1) is 23.1 Å². The van der Waals surface area contributed by atoms with Crippen LogP contribution in [-0.4, -0.2) is 25.5 Å². The number of nitrogens with two attached hydrogens (primary N) is 1. The largest absolute Gasteiger partial charge is 0.467 e. The standard InChI is InChI=1S/C26H29FN6O2/c1-14(2)26(9-6-10-26)23(34)18-8-7-17(27)11-19(18)16(4)35-25-24(29)30-13-20(31-25)22-15(3)32-33(5)21(22)12-28/h7-8,11,13-14,16H,6,9-10H2,1-5H3,(H2,29,30). The SMILES string of the molecule is Cc1nn(C)c(C#N)c1-c1cnc(N)c(OC(C)c2cc(F)ccc2C(=O)C2(C(C)C)CCC2)n1. The first-order valence-corrected chi connectivity index (χ1v) is 11.7. The van der Waals surface area contributed by atoms with Gasteiger partial charge >= 0.3 is 0 Å². The van der Waals surface area contributed by atoms with Crippen molar-refractivity contribution in [1.82, 2.24) is 19.7 Å². The topological polar surface area (TPSA) is 120 Å². The Kier molecular flexibility index (Phi) is 6.32. The van der Waals surface area contributed by atoms with E-state index in [0.717, 1.165) is 19.3 Å². The zero-order chi connectivity index (χ0) is 25.5. The van der Waals surface area contributed by atoms with Gasteiger partial charge in [0.25, 0.3) is 5.88 Å². The minimum Gasteiger partial charge on any atom is -0.467 e. The predicted octanol–water partition coefficient (Wildman–Crippen LogP) is 4.93. The summed E-state index contributed by atoms with van der Waals surface area (Å²) in [4.78, 5) is 22.3. The maximum absolute atomic E-state index is 14.3. The molecule has 1 saturated carbocycles. The highest BCUT2D eigenvalue weighted by molar-refractivity contribution is 6.02. The van der Waals surface area contributed by atoms with E-state index in [1.807, 2.05) is 0 Å². The number of carbonyl (C=O) groups is 1. The molecule has 0 radical (unpaired) electrons. The molecule has 8 nitrogen and oxygen atoms in total. The molecule has 3 aromatic rings. The molecule has 4 rings (SSSR count). The number of hydrogen-bond acceptors (Lipinski definition) is 7. The van der Waals surface area contributed by atoms with Crippen LogP contribution in [0.1, 0.15) is 73.4 Å². The molecule has 1 aromatic carbocycles. The second kappa shape index (κ2) is 9.10. The van der Waals surface area contributed by atoms with E-state index in [-0.39, 0.29) is 23.4 Å². The van der Waals surface area contributed by atoms with Gasteiger partial charge < -0.3 is 10.5 Å². The zero-order valence-electron chi connectivity index (χ0n) is 20.6. The molecule has 35 heavy (non-hydrogen) atoms. The summed E-state index contributed by atoms with van der Waals surface area (Å²) in [6.45, 7) is 7.60. The number of ketones is 1. The third-order valence-electron chi connectivity index (χ3n) is 7.14. The first kappa shape index (κ1) is 24.3. The Morgan fingerprint density at radius 2 is 2.03 bits per heavy atom. The van der Waals surface area contributed by atoms with Crippen LogP contribution in [0.4, 0.5) is 10.2 Å². The van der Waals surface area contributed by atoms with Gasteiger partial charge in [0.2, 0.25) is 0 Å². The maximum atomic E-state index is 14.3. The fourth-order valence-electron chi connectivity index (χ4n) is 4.88. The Morgan fingerprint density at radius 3 is 2.63 bits per heavy atom. The summed E-state index contributed by atoms with van der Waals surface area (Å²) in [6.07, 6.45) is 3.37. The van der Waals surface area contributed by atoms with E-state index in [1.54, 1.807) is 27.0 Å². The van der Waals surface area contributed by atoms with Gasteiger partial charge in [0, 0.05) is 23.6 Å². The van der Waals surface area contributed by atoms with Crippen molar-refractivity contribution in [3.63, 3.8) is 0 Å². The number of carbonyl (C=O) groups excluding carboxylic acids is 1. The van der Waals surface area contributed by atoms with Gasteiger partial charge in [0.1, 0.15) is 23.7 Å². The minimum absolute atomic E-state index is 0.0154. The number of nitrogen functional groups attached to an aromatic ring is 1. The van der Waals surface area contributed by atoms with Crippen LogP contribution < -0.4 is 10.5 Å². The molecule has 0 aliphatic heterocycles. The summed E-state index contributed by atoms with van der Waals surface area (Å²) >= 11 is 0. The fraction of sp³-hybridized carbons (Fsp3) is 0.423. The number of benzene rings is 1. The normalized spacial score (nSPS) is 15.4. The number of Topliss-reactive ketones (excluding diaryl/α,β-unsaturated/α-hetero) is 1. The molecule has 0 bridgehead atoms. The Balaban J connectivity index is 1.71. The molecule has 182 valence electrons. The highest BCUT2D eigenvalue weighted by atomic mass is 19.1. The van der Waals surface area contributed by atoms with Crippen molar-refractivity contribution in [2.75, 3.05) is 5.73 Å². The lowest BCUT2D eigenvalue weighted by Gasteiger charge is -2.44. The zero-order valence-corrected chi connectivity index (χ0v) is 20.6. The molecule has 2 aromatic heterocycles. The molecule has 1 unspecified atom stereocenters. The first-order chi connectivity index (χ1) is 16.6. The van der Waals surface area contributed by atoms with E-state index in [4.69, 9.17) is 10.5 Å². The fourth-order valence-corrected chi connectivity index (χ4v) is 4.88. The number of rotatable bonds is 7. The van der Waals surface area contributed by atoms with Crippen LogP contribution in [0.25, 0.3) is 11.3 Å². The van der Waals surface area contributed by atoms with Gasteiger partial charge in [-0.2, -0.15) is 10.4 Å². The third-order valence-corrected chi connectivity index (χ3v) is 7.14. The molecule has 9 heteroatoms. The smallest absolute Gasteiger partial charge is 0.258 e. The molecule has 0 saturated heterocycles. The van der Waals surface area contributed by atoms with E-state index in [0.29, 0.717) is 33.8 Å². The van der Waals surface area contributed by atoms with Crippen LogP contribution in [0.5, 0.6) is 5.88 Å². The van der Waals surface area contributed by atoms with Crippen LogP contribution in [-0.2, 0) is 7.05 Å². The third kappa shape index (κ3) is 4.14. The van der Waals surface area contributed by atoms with Crippen molar-refractivity contribution in [3.8, 4) is 23.2 Å². The van der Waals surface area contributed by atoms with Crippen LogP contribution in [0.15, 0.2) is 24.4 Å². The molecule has 2 N–H and O–H groups in total. The summed E-state index contributed by atoms with van der Waals surface area (Å²) in [5, 5.41) is 13.8. The lowest BCUT2D eigenvalue weighted by molar-refractivity contribution is 0.0427. The van der Waals surface area contributed by atoms with Gasteiger partial charge in [-0.3, -0.25) is 9.48 Å². The Morgan fingerprint density at radius 1 is 1.31 bits per heavy atom. The molecule has 2 heterocycles. The highest BCUT2D eigenvalue weighted by Gasteiger charge is 2.47. The Bertz CT molecular complexity index is 1340. The van der Waals surface area contributed by atoms with Crippen molar-refractivity contribution >= 4 is 11.6 Å². The highest BCUT2D eigenvalue weighted by Crippen LogP contribution is 2.50. The van der Waals surface area contributed by atoms with Gasteiger partial charge in [-0.05, 0) is 50.8 Å². The number of aromatic nitrogens is 4. The summed E-state index contributed by atoms with van der Waals surface area (Å²) in [5.41, 5.74) is 8.36. The van der Waals surface area contributed by atoms with Crippen molar-refractivity contribution in [1.29, 1.82) is 5.26 Å². The summed E-state index contributed by atoms with van der Waals surface area (Å²) in [5.74, 6) is -0.193. The predicted molar refractivity (Wildman–Crippen MR) is 129 cm³/mol. The van der Waals surface area contributed by atoms with Crippen molar-refractivity contribution in [2.45, 2.75) is 53.1 Å². The molecule has 1 atom stereocenters. The molecule has 1 aliphatic carbocycles. The molecule has 0 spiro atoms. The Labute approximate surface area is 204 Å².